The Morgan fingerprint density at radius 2 is 1.78 bits per heavy atom. The highest BCUT2D eigenvalue weighted by Crippen LogP contribution is 2.41. The summed E-state index contributed by atoms with van der Waals surface area (Å²) in [6.07, 6.45) is -6.05. The quantitative estimate of drug-likeness (QED) is 0.577. The van der Waals surface area contributed by atoms with Crippen LogP contribution in [0.3, 0.4) is 0 Å². The van der Waals surface area contributed by atoms with Crippen molar-refractivity contribution < 1.29 is 39.9 Å². The van der Waals surface area contributed by atoms with Gasteiger partial charge in [0.1, 0.15) is 11.6 Å². The zero-order valence-electron chi connectivity index (χ0n) is 16.3. The average Bonchev–Trinajstić information content (AvgIpc) is 2.70. The lowest BCUT2D eigenvalue weighted by Gasteiger charge is -2.33. The van der Waals surface area contributed by atoms with Gasteiger partial charge in [0.25, 0.3) is 5.91 Å². The third-order valence-electron chi connectivity index (χ3n) is 5.08. The van der Waals surface area contributed by atoms with Crippen molar-refractivity contribution in [2.24, 2.45) is 0 Å². The van der Waals surface area contributed by atoms with Crippen molar-refractivity contribution >= 4 is 27.3 Å². The maximum absolute atomic E-state index is 15.4. The number of ether oxygens (including phenoxy) is 1. The summed E-state index contributed by atoms with van der Waals surface area (Å²) in [6, 6.07) is 6.37. The summed E-state index contributed by atoms with van der Waals surface area (Å²) in [5.74, 6) is -2.05. The lowest BCUT2D eigenvalue weighted by atomic mass is 9.93. The number of amides is 1. The molecule has 0 radical (unpaired) electrons. The van der Waals surface area contributed by atoms with Gasteiger partial charge in [-0.3, -0.25) is 4.79 Å². The van der Waals surface area contributed by atoms with Gasteiger partial charge in [0, 0.05) is 11.6 Å². The molecule has 0 saturated heterocycles. The van der Waals surface area contributed by atoms with Crippen LogP contribution < -0.4 is 10.1 Å². The Balaban J connectivity index is 1.69. The number of hydrogen-bond donors (Lipinski definition) is 1. The number of carbonyl (C=O) groups excluding carboxylic acids is 1. The molecule has 0 unspecified atom stereocenters. The minimum Gasteiger partial charge on any atom is -0.406 e. The molecule has 0 atom stereocenters. The summed E-state index contributed by atoms with van der Waals surface area (Å²) >= 11 is 5.65. The molecule has 174 valence electrons. The van der Waals surface area contributed by atoms with Crippen LogP contribution in [0.2, 0.25) is 5.02 Å². The van der Waals surface area contributed by atoms with Crippen molar-refractivity contribution in [2.75, 3.05) is 0 Å². The second kappa shape index (κ2) is 8.86. The van der Waals surface area contributed by atoms with E-state index in [1.54, 1.807) is 0 Å². The molecular formula is C20H17ClF5NO4S. The van der Waals surface area contributed by atoms with Crippen LogP contribution in [0.4, 0.5) is 22.0 Å². The topological polar surface area (TPSA) is 72.5 Å². The second-order valence-corrected chi connectivity index (χ2v) is 9.90. The molecule has 1 saturated carbocycles. The first-order valence-corrected chi connectivity index (χ1v) is 11.2. The number of alkyl halides is 4. The highest BCUT2D eigenvalue weighted by Gasteiger charge is 2.48. The fourth-order valence-corrected chi connectivity index (χ4v) is 5.32. The monoisotopic (exact) mass is 497 g/mol. The Bertz CT molecular complexity index is 1120. The fourth-order valence-electron chi connectivity index (χ4n) is 3.42. The van der Waals surface area contributed by atoms with E-state index in [4.69, 9.17) is 11.6 Å². The number of rotatable bonds is 5. The van der Waals surface area contributed by atoms with Crippen molar-refractivity contribution in [1.29, 1.82) is 0 Å². The molecule has 2 aromatic rings. The molecule has 1 fully saturated rings. The molecular weight excluding hydrogens is 481 g/mol. The molecule has 1 aliphatic carbocycles. The van der Waals surface area contributed by atoms with E-state index in [2.05, 4.69) is 10.1 Å². The maximum atomic E-state index is 15.4. The molecule has 0 heterocycles. The lowest BCUT2D eigenvalue weighted by Crippen LogP contribution is -2.45. The van der Waals surface area contributed by atoms with E-state index in [0.717, 1.165) is 30.3 Å². The van der Waals surface area contributed by atoms with Gasteiger partial charge < -0.3 is 10.1 Å². The number of sulfone groups is 1. The van der Waals surface area contributed by atoms with Crippen LogP contribution in [0.5, 0.6) is 5.75 Å². The Morgan fingerprint density at radius 3 is 2.38 bits per heavy atom. The second-order valence-electron chi connectivity index (χ2n) is 7.29. The standard InChI is InChI=1S/C20H17ClF5NO4S/c21-16-10-12(4-5-17(16)22)18(28)27-13-6-8-19(23,9-7-13)32(29,30)15-3-1-2-14(11-15)31-20(24,25)26/h1-5,10-11,13H,6-9H2,(H,27,28)/t13-,19-. The molecule has 0 bridgehead atoms. The highest BCUT2D eigenvalue weighted by molar-refractivity contribution is 7.92. The first kappa shape index (κ1) is 24.2. The molecule has 3 rings (SSSR count). The third kappa shape index (κ3) is 5.32. The van der Waals surface area contributed by atoms with Gasteiger partial charge in [0.15, 0.2) is 0 Å². The van der Waals surface area contributed by atoms with Gasteiger partial charge in [-0.05, 0) is 62.1 Å². The smallest absolute Gasteiger partial charge is 0.406 e. The maximum Gasteiger partial charge on any atom is 0.573 e. The highest BCUT2D eigenvalue weighted by atomic mass is 35.5. The normalized spacial score (nSPS) is 21.8. The van der Waals surface area contributed by atoms with Crippen LogP contribution in [-0.2, 0) is 9.84 Å². The van der Waals surface area contributed by atoms with E-state index < -0.39 is 62.5 Å². The zero-order chi connectivity index (χ0) is 23.7. The number of halogens is 6. The van der Waals surface area contributed by atoms with E-state index in [1.807, 2.05) is 0 Å². The predicted octanol–water partition coefficient (Wildman–Crippen LogP) is 5.19. The van der Waals surface area contributed by atoms with Crippen LogP contribution in [0.1, 0.15) is 36.0 Å². The molecule has 2 aromatic carbocycles. The summed E-state index contributed by atoms with van der Waals surface area (Å²) in [5.41, 5.74) is 0.0857. The van der Waals surface area contributed by atoms with E-state index >= 15 is 4.39 Å². The lowest BCUT2D eigenvalue weighted by molar-refractivity contribution is -0.274. The molecule has 0 aliphatic heterocycles. The molecule has 0 spiro atoms. The van der Waals surface area contributed by atoms with Crippen LogP contribution in [-0.4, -0.2) is 31.7 Å². The Labute approximate surface area is 185 Å². The van der Waals surface area contributed by atoms with E-state index in [-0.39, 0.29) is 23.4 Å². The number of carbonyl (C=O) groups is 1. The first-order valence-electron chi connectivity index (χ1n) is 9.36. The minimum absolute atomic E-state index is 0.0326. The fraction of sp³-hybridized carbons (Fsp3) is 0.350. The summed E-state index contributed by atoms with van der Waals surface area (Å²) in [6.45, 7) is 0. The van der Waals surface area contributed by atoms with Crippen LogP contribution in [0, 0.1) is 5.82 Å². The van der Waals surface area contributed by atoms with Crippen molar-refractivity contribution in [3.8, 4) is 5.75 Å². The minimum atomic E-state index is -5.03. The van der Waals surface area contributed by atoms with Gasteiger partial charge in [0.05, 0.1) is 9.92 Å². The first-order chi connectivity index (χ1) is 14.8. The third-order valence-corrected chi connectivity index (χ3v) is 7.62. The molecule has 32 heavy (non-hydrogen) atoms. The molecule has 0 aromatic heterocycles. The number of benzene rings is 2. The van der Waals surface area contributed by atoms with Gasteiger partial charge in [0.2, 0.25) is 14.8 Å². The van der Waals surface area contributed by atoms with E-state index in [1.165, 1.54) is 6.07 Å². The average molecular weight is 498 g/mol. The summed E-state index contributed by atoms with van der Waals surface area (Å²) in [5, 5.41) is -0.342. The van der Waals surface area contributed by atoms with Crippen molar-refractivity contribution in [3.63, 3.8) is 0 Å². The van der Waals surface area contributed by atoms with Crippen molar-refractivity contribution in [1.82, 2.24) is 5.32 Å². The number of hydrogen-bond acceptors (Lipinski definition) is 4. The number of nitrogens with one attached hydrogen (secondary N) is 1. The van der Waals surface area contributed by atoms with E-state index in [0.29, 0.717) is 6.07 Å². The van der Waals surface area contributed by atoms with Gasteiger partial charge >= 0.3 is 6.36 Å². The van der Waals surface area contributed by atoms with Gasteiger partial charge in [-0.2, -0.15) is 0 Å². The SMILES string of the molecule is O=C(N[C@H]1CC[C@](F)(S(=O)(=O)c2cccc(OC(F)(F)F)c2)CC1)c1ccc(F)c(Cl)c1. The van der Waals surface area contributed by atoms with Crippen molar-refractivity contribution in [2.45, 2.75) is 48.0 Å². The van der Waals surface area contributed by atoms with Crippen LogP contribution in [0.25, 0.3) is 0 Å². The molecule has 1 N–H and O–H groups in total. The molecule has 1 amide bonds. The van der Waals surface area contributed by atoms with Crippen LogP contribution in [0.15, 0.2) is 47.4 Å². The Morgan fingerprint density at radius 1 is 1.12 bits per heavy atom. The molecule has 12 heteroatoms. The Kier molecular flexibility index (Phi) is 6.71. The van der Waals surface area contributed by atoms with Gasteiger partial charge in [-0.15, -0.1) is 13.2 Å². The molecule has 5 nitrogen and oxygen atoms in total. The summed E-state index contributed by atoms with van der Waals surface area (Å²) < 4.78 is 95.2. The van der Waals surface area contributed by atoms with Crippen LogP contribution >= 0.6 is 11.6 Å². The van der Waals surface area contributed by atoms with E-state index in [9.17, 15) is 30.8 Å². The Hall–Kier alpha value is -2.40. The zero-order valence-corrected chi connectivity index (χ0v) is 17.8. The summed E-state index contributed by atoms with van der Waals surface area (Å²) in [7, 11) is -4.64. The van der Waals surface area contributed by atoms with Gasteiger partial charge in [-0.25, -0.2) is 17.2 Å². The van der Waals surface area contributed by atoms with Gasteiger partial charge in [-0.1, -0.05) is 17.7 Å². The molecule has 1 aliphatic rings. The largest absolute Gasteiger partial charge is 0.573 e. The predicted molar refractivity (Wildman–Crippen MR) is 105 cm³/mol. The van der Waals surface area contributed by atoms with Crippen molar-refractivity contribution in [3.05, 3.63) is 58.9 Å². The summed E-state index contributed by atoms with van der Waals surface area (Å²) in [4.78, 5) is 11.7.